The number of aryl methyl sites for hydroxylation is 2. The molecule has 2 aromatic heterocycles. The van der Waals surface area contributed by atoms with Crippen molar-refractivity contribution in [3.63, 3.8) is 0 Å². The molecule has 0 fully saturated rings. The van der Waals surface area contributed by atoms with Crippen LogP contribution in [-0.4, -0.2) is 41.7 Å². The maximum absolute atomic E-state index is 12.6. The second kappa shape index (κ2) is 6.79. The number of methoxy groups -OCH3 is 1. The number of nitrogens with one attached hydrogen (secondary N) is 1. The van der Waals surface area contributed by atoms with Crippen molar-refractivity contribution in [2.24, 2.45) is 4.99 Å². The van der Waals surface area contributed by atoms with Gasteiger partial charge in [0.25, 0.3) is 5.91 Å². The number of fused-ring (bicyclic) bond motifs is 1. The molecule has 0 aromatic carbocycles. The third-order valence-corrected chi connectivity index (χ3v) is 5.35. The van der Waals surface area contributed by atoms with E-state index in [4.69, 9.17) is 10.5 Å². The molecule has 2 aromatic rings. The Kier molecular flexibility index (Phi) is 4.71. The highest BCUT2D eigenvalue weighted by Crippen LogP contribution is 2.34. The smallest absolute Gasteiger partial charge is 0.263 e. The van der Waals surface area contributed by atoms with E-state index in [1.54, 1.807) is 7.11 Å². The minimum Gasteiger partial charge on any atom is -0.481 e. The highest BCUT2D eigenvalue weighted by molar-refractivity contribution is 7.21. The fourth-order valence-electron chi connectivity index (χ4n) is 2.83. The maximum atomic E-state index is 12.6. The van der Waals surface area contributed by atoms with Crippen LogP contribution in [0.3, 0.4) is 0 Å². The molecular weight excluding hydrogens is 338 g/mol. The number of hydrogen-bond acceptors (Lipinski definition) is 7. The van der Waals surface area contributed by atoms with Gasteiger partial charge in [-0.2, -0.15) is 5.10 Å². The third-order valence-electron chi connectivity index (χ3n) is 4.26. The lowest BCUT2D eigenvalue weighted by Gasteiger charge is -2.17. The number of nitrogens with two attached hydrogens (primary N) is 1. The molecule has 3 N–H and O–H groups in total. The summed E-state index contributed by atoms with van der Waals surface area (Å²) in [7, 11) is 1.59. The summed E-state index contributed by atoms with van der Waals surface area (Å²) in [6.07, 6.45) is 2.66. The Hall–Kier alpha value is -2.48. The molecule has 25 heavy (non-hydrogen) atoms. The highest BCUT2D eigenvalue weighted by atomic mass is 32.1. The number of nitrogen functional groups attached to an aromatic ring is 1. The number of dihydropyridines is 1. The predicted octanol–water partition coefficient (Wildman–Crippen LogP) is 2.38. The molecule has 0 aliphatic carbocycles. The first-order valence-corrected chi connectivity index (χ1v) is 8.83. The van der Waals surface area contributed by atoms with Gasteiger partial charge >= 0.3 is 0 Å². The monoisotopic (exact) mass is 359 g/mol. The Morgan fingerprint density at radius 2 is 2.20 bits per heavy atom. The standard InChI is InChI=1S/C17H21N5O2S/c1-8-5-11(6-12(20-8)24-4)7-19-16(23)15-14(18)13-9(2)10(3)21-22-17(13)25-15/h6,8H,5,7,18H2,1-4H3,(H,19,23). The number of aromatic nitrogens is 2. The Morgan fingerprint density at radius 1 is 1.44 bits per heavy atom. The van der Waals surface area contributed by atoms with Crippen molar-refractivity contribution in [3.8, 4) is 0 Å². The molecule has 0 saturated heterocycles. The van der Waals surface area contributed by atoms with E-state index >= 15 is 0 Å². The van der Waals surface area contributed by atoms with Crippen molar-refractivity contribution in [3.05, 3.63) is 27.8 Å². The zero-order valence-electron chi connectivity index (χ0n) is 14.7. The zero-order valence-corrected chi connectivity index (χ0v) is 15.5. The van der Waals surface area contributed by atoms with E-state index in [1.807, 2.05) is 26.8 Å². The van der Waals surface area contributed by atoms with E-state index < -0.39 is 0 Å². The fraction of sp³-hybridized carbons (Fsp3) is 0.412. The highest BCUT2D eigenvalue weighted by Gasteiger charge is 2.20. The lowest BCUT2D eigenvalue weighted by atomic mass is 10.0. The van der Waals surface area contributed by atoms with Crippen molar-refractivity contribution in [1.82, 2.24) is 15.5 Å². The van der Waals surface area contributed by atoms with E-state index in [-0.39, 0.29) is 11.9 Å². The summed E-state index contributed by atoms with van der Waals surface area (Å²) in [5.74, 6) is 0.387. The van der Waals surface area contributed by atoms with Crippen LogP contribution in [0.2, 0.25) is 0 Å². The molecule has 0 spiro atoms. The zero-order chi connectivity index (χ0) is 18.1. The Balaban J connectivity index is 1.80. The van der Waals surface area contributed by atoms with Gasteiger partial charge in [0.05, 0.1) is 24.5 Å². The van der Waals surface area contributed by atoms with Crippen LogP contribution in [-0.2, 0) is 4.74 Å². The van der Waals surface area contributed by atoms with Gasteiger partial charge in [-0.1, -0.05) is 0 Å². The predicted molar refractivity (Wildman–Crippen MR) is 100 cm³/mol. The molecule has 0 radical (unpaired) electrons. The van der Waals surface area contributed by atoms with Crippen molar-refractivity contribution in [1.29, 1.82) is 0 Å². The fourth-order valence-corrected chi connectivity index (χ4v) is 3.85. The van der Waals surface area contributed by atoms with Gasteiger partial charge in [-0.05, 0) is 38.3 Å². The van der Waals surface area contributed by atoms with Gasteiger partial charge in [0.1, 0.15) is 9.71 Å². The van der Waals surface area contributed by atoms with Crippen molar-refractivity contribution < 1.29 is 9.53 Å². The number of anilines is 1. The number of hydrogen-bond donors (Lipinski definition) is 2. The van der Waals surface area contributed by atoms with E-state index in [0.717, 1.165) is 28.6 Å². The molecule has 132 valence electrons. The van der Waals surface area contributed by atoms with Crippen molar-refractivity contribution >= 4 is 39.0 Å². The molecule has 1 unspecified atom stereocenters. The van der Waals surface area contributed by atoms with Crippen molar-refractivity contribution in [2.45, 2.75) is 33.2 Å². The summed E-state index contributed by atoms with van der Waals surface area (Å²) in [5, 5.41) is 12.0. The van der Waals surface area contributed by atoms with Crippen LogP contribution in [0.4, 0.5) is 5.69 Å². The first-order valence-electron chi connectivity index (χ1n) is 8.02. The summed E-state index contributed by atoms with van der Waals surface area (Å²) in [6, 6.07) is 0.141. The van der Waals surface area contributed by atoms with Crippen LogP contribution < -0.4 is 11.1 Å². The van der Waals surface area contributed by atoms with Gasteiger partial charge in [-0.15, -0.1) is 16.4 Å². The molecule has 1 atom stereocenters. The van der Waals surface area contributed by atoms with Gasteiger partial charge in [0.2, 0.25) is 5.90 Å². The lowest BCUT2D eigenvalue weighted by Crippen LogP contribution is -2.28. The number of thiophene rings is 1. The Bertz CT molecular complexity index is 900. The van der Waals surface area contributed by atoms with E-state index in [0.29, 0.717) is 27.8 Å². The lowest BCUT2D eigenvalue weighted by molar-refractivity contribution is 0.0961. The number of ether oxygens (including phenoxy) is 1. The molecule has 1 amide bonds. The normalized spacial score (nSPS) is 17.2. The summed E-state index contributed by atoms with van der Waals surface area (Å²) >= 11 is 1.27. The number of amides is 1. The quantitative estimate of drug-likeness (QED) is 0.876. The second-order valence-corrected chi connectivity index (χ2v) is 7.14. The molecule has 7 nitrogen and oxygen atoms in total. The average Bonchev–Trinajstić information content (AvgIpc) is 2.93. The number of aliphatic imine (C=N–C) groups is 1. The largest absolute Gasteiger partial charge is 0.481 e. The number of nitrogens with zero attached hydrogens (tertiary/aromatic N) is 3. The van der Waals surface area contributed by atoms with Gasteiger partial charge < -0.3 is 15.8 Å². The third kappa shape index (κ3) is 3.34. The van der Waals surface area contributed by atoms with Crippen LogP contribution in [0, 0.1) is 13.8 Å². The van der Waals surface area contributed by atoms with Crippen LogP contribution in [0.5, 0.6) is 0 Å². The molecule has 0 bridgehead atoms. The first-order chi connectivity index (χ1) is 11.9. The van der Waals surface area contributed by atoms with Crippen LogP contribution in [0.25, 0.3) is 10.2 Å². The van der Waals surface area contributed by atoms with Gasteiger partial charge in [0.15, 0.2) is 0 Å². The minimum absolute atomic E-state index is 0.141. The van der Waals surface area contributed by atoms with Crippen LogP contribution in [0.1, 0.15) is 34.3 Å². The summed E-state index contributed by atoms with van der Waals surface area (Å²) in [5.41, 5.74) is 9.53. The second-order valence-electron chi connectivity index (χ2n) is 6.15. The summed E-state index contributed by atoms with van der Waals surface area (Å²) < 4.78 is 5.19. The molecule has 1 aliphatic heterocycles. The Labute approximate surface area is 150 Å². The molecule has 3 rings (SSSR count). The maximum Gasteiger partial charge on any atom is 0.263 e. The number of carbonyl (C=O) groups is 1. The van der Waals surface area contributed by atoms with Gasteiger partial charge in [-0.25, -0.2) is 4.99 Å². The number of carbonyl (C=O) groups excluding carboxylic acids is 1. The summed E-state index contributed by atoms with van der Waals surface area (Å²) in [4.78, 5) is 18.1. The van der Waals surface area contributed by atoms with E-state index in [9.17, 15) is 4.79 Å². The molecule has 0 saturated carbocycles. The van der Waals surface area contributed by atoms with E-state index in [1.165, 1.54) is 11.3 Å². The first kappa shape index (κ1) is 17.3. The average molecular weight is 359 g/mol. The van der Waals surface area contributed by atoms with Crippen LogP contribution in [0.15, 0.2) is 16.6 Å². The topological polar surface area (TPSA) is 102 Å². The molecule has 8 heteroatoms. The minimum atomic E-state index is -0.201. The number of rotatable bonds is 3. The summed E-state index contributed by atoms with van der Waals surface area (Å²) in [6.45, 7) is 6.27. The van der Waals surface area contributed by atoms with Crippen molar-refractivity contribution in [2.75, 3.05) is 19.4 Å². The SMILES string of the molecule is COC1=NC(C)CC(CNC(=O)c2sc3nnc(C)c(C)c3c2N)=C1. The van der Waals surface area contributed by atoms with Gasteiger partial charge in [0, 0.05) is 18.0 Å². The molecule has 1 aliphatic rings. The van der Waals surface area contributed by atoms with E-state index in [2.05, 4.69) is 20.5 Å². The van der Waals surface area contributed by atoms with Crippen LogP contribution >= 0.6 is 11.3 Å². The Morgan fingerprint density at radius 3 is 2.92 bits per heavy atom. The molecule has 3 heterocycles. The molecular formula is C17H21N5O2S. The van der Waals surface area contributed by atoms with Gasteiger partial charge in [-0.3, -0.25) is 4.79 Å².